The van der Waals surface area contributed by atoms with Crippen molar-refractivity contribution < 1.29 is 4.79 Å². The number of amides is 1. The fourth-order valence-electron chi connectivity index (χ4n) is 3.37. The molecule has 23 heavy (non-hydrogen) atoms. The van der Waals surface area contributed by atoms with Gasteiger partial charge in [0.1, 0.15) is 11.9 Å². The van der Waals surface area contributed by atoms with Gasteiger partial charge in [-0.15, -0.1) is 0 Å². The molecule has 0 unspecified atom stereocenters. The number of para-hydroxylation sites is 2. The summed E-state index contributed by atoms with van der Waals surface area (Å²) in [4.78, 5) is 19.7. The van der Waals surface area contributed by atoms with E-state index in [0.717, 1.165) is 62.3 Å². The highest BCUT2D eigenvalue weighted by Crippen LogP contribution is 2.23. The van der Waals surface area contributed by atoms with Gasteiger partial charge in [-0.25, -0.2) is 4.98 Å². The van der Waals surface area contributed by atoms with Gasteiger partial charge in [0.05, 0.1) is 11.0 Å². The first-order chi connectivity index (χ1) is 11.2. The quantitative estimate of drug-likeness (QED) is 0.942. The summed E-state index contributed by atoms with van der Waals surface area (Å²) >= 11 is 0. The molecule has 0 spiro atoms. The molecule has 1 atom stereocenters. The van der Waals surface area contributed by atoms with Crippen molar-refractivity contribution in [2.45, 2.75) is 39.2 Å². The van der Waals surface area contributed by atoms with Gasteiger partial charge in [-0.1, -0.05) is 19.1 Å². The maximum absolute atomic E-state index is 13.0. The summed E-state index contributed by atoms with van der Waals surface area (Å²) in [7, 11) is 0. The average molecular weight is 314 g/mol. The van der Waals surface area contributed by atoms with E-state index >= 15 is 0 Å². The Kier molecular flexibility index (Phi) is 4.96. The van der Waals surface area contributed by atoms with E-state index in [4.69, 9.17) is 4.98 Å². The molecule has 0 bridgehead atoms. The van der Waals surface area contributed by atoms with Crippen LogP contribution in [0.2, 0.25) is 0 Å². The number of benzene rings is 1. The van der Waals surface area contributed by atoms with Crippen LogP contribution in [0.5, 0.6) is 0 Å². The Hall–Kier alpha value is -1.88. The van der Waals surface area contributed by atoms with Gasteiger partial charge in [-0.3, -0.25) is 4.79 Å². The minimum atomic E-state index is -0.206. The van der Waals surface area contributed by atoms with Crippen LogP contribution in [0.15, 0.2) is 24.3 Å². The summed E-state index contributed by atoms with van der Waals surface area (Å²) in [5.74, 6) is 1.22. The Bertz CT molecular complexity index is 671. The lowest BCUT2D eigenvalue weighted by atomic mass is 10.2. The first-order valence-corrected chi connectivity index (χ1v) is 8.67. The van der Waals surface area contributed by atoms with Crippen molar-refractivity contribution >= 4 is 16.9 Å². The highest BCUT2D eigenvalue weighted by molar-refractivity contribution is 5.84. The van der Waals surface area contributed by atoms with Crippen molar-refractivity contribution in [3.63, 3.8) is 0 Å². The number of hydrogen-bond donors (Lipinski definition) is 1. The molecule has 1 N–H and O–H groups in total. The Morgan fingerprint density at radius 2 is 2.13 bits per heavy atom. The van der Waals surface area contributed by atoms with Crippen LogP contribution < -0.4 is 5.32 Å². The van der Waals surface area contributed by atoms with Crippen molar-refractivity contribution in [2.24, 2.45) is 0 Å². The largest absolute Gasteiger partial charge is 0.340 e. The molecule has 1 fully saturated rings. The number of rotatable bonds is 4. The van der Waals surface area contributed by atoms with E-state index in [0.29, 0.717) is 0 Å². The van der Waals surface area contributed by atoms with Gasteiger partial charge in [0.25, 0.3) is 0 Å². The molecule has 1 aliphatic heterocycles. The van der Waals surface area contributed by atoms with E-state index in [1.165, 1.54) is 0 Å². The smallest absolute Gasteiger partial charge is 0.245 e. The highest BCUT2D eigenvalue weighted by Gasteiger charge is 2.25. The maximum Gasteiger partial charge on any atom is 0.245 e. The molecule has 3 rings (SSSR count). The van der Waals surface area contributed by atoms with Crippen LogP contribution in [0.1, 0.15) is 38.6 Å². The molecule has 0 radical (unpaired) electrons. The summed E-state index contributed by atoms with van der Waals surface area (Å²) < 4.78 is 2.14. The van der Waals surface area contributed by atoms with Crippen LogP contribution >= 0.6 is 0 Å². The van der Waals surface area contributed by atoms with Gasteiger partial charge in [0.2, 0.25) is 5.91 Å². The van der Waals surface area contributed by atoms with Gasteiger partial charge >= 0.3 is 0 Å². The molecular weight excluding hydrogens is 288 g/mol. The number of aryl methyl sites for hydroxylation is 1. The highest BCUT2D eigenvalue weighted by atomic mass is 16.2. The number of carbonyl (C=O) groups is 1. The molecule has 1 aromatic carbocycles. The molecule has 1 saturated heterocycles. The topological polar surface area (TPSA) is 50.2 Å². The zero-order chi connectivity index (χ0) is 16.2. The van der Waals surface area contributed by atoms with Crippen molar-refractivity contribution in [3.8, 4) is 0 Å². The molecule has 2 heterocycles. The van der Waals surface area contributed by atoms with E-state index in [2.05, 4.69) is 22.9 Å². The third kappa shape index (κ3) is 3.24. The van der Waals surface area contributed by atoms with E-state index in [1.807, 2.05) is 30.0 Å². The molecule has 5 heteroatoms. The molecule has 1 amide bonds. The second-order valence-electron chi connectivity index (χ2n) is 6.24. The minimum absolute atomic E-state index is 0.203. The lowest BCUT2D eigenvalue weighted by Crippen LogP contribution is -2.38. The van der Waals surface area contributed by atoms with Gasteiger partial charge < -0.3 is 14.8 Å². The third-order valence-electron chi connectivity index (χ3n) is 4.54. The normalized spacial score (nSPS) is 17.2. The molecule has 1 aliphatic rings. The van der Waals surface area contributed by atoms with Crippen LogP contribution in [-0.4, -0.2) is 46.5 Å². The van der Waals surface area contributed by atoms with E-state index in [-0.39, 0.29) is 11.9 Å². The van der Waals surface area contributed by atoms with Crippen molar-refractivity contribution in [2.75, 3.05) is 26.2 Å². The minimum Gasteiger partial charge on any atom is -0.340 e. The predicted octanol–water partition coefficient (Wildman–Crippen LogP) is 2.37. The fourth-order valence-corrected chi connectivity index (χ4v) is 3.37. The molecular formula is C18H26N4O. The summed E-state index contributed by atoms with van der Waals surface area (Å²) in [5.41, 5.74) is 2.04. The molecule has 0 saturated carbocycles. The second-order valence-corrected chi connectivity index (χ2v) is 6.24. The second kappa shape index (κ2) is 7.13. The molecule has 5 nitrogen and oxygen atoms in total. The van der Waals surface area contributed by atoms with Gasteiger partial charge in [-0.05, 0) is 38.4 Å². The van der Waals surface area contributed by atoms with Crippen LogP contribution in [0.3, 0.4) is 0 Å². The average Bonchev–Trinajstić information content (AvgIpc) is 2.74. The van der Waals surface area contributed by atoms with Gasteiger partial charge in [0, 0.05) is 26.1 Å². The first kappa shape index (κ1) is 16.0. The number of aromatic nitrogens is 2. The van der Waals surface area contributed by atoms with Crippen LogP contribution in [0.25, 0.3) is 11.0 Å². The standard InChI is InChI=1S/C18H26N4O/c1-3-7-17-20-15-8-4-5-9-16(15)22(17)14(2)18(23)21-12-6-10-19-11-13-21/h4-5,8-9,14,19H,3,6-7,10-13H2,1-2H3/t14-/m1/s1. The number of nitrogens with zero attached hydrogens (tertiary/aromatic N) is 3. The lowest BCUT2D eigenvalue weighted by molar-refractivity contribution is -0.134. The number of carbonyl (C=O) groups excluding carboxylic acids is 1. The van der Waals surface area contributed by atoms with Gasteiger partial charge in [0.15, 0.2) is 0 Å². The van der Waals surface area contributed by atoms with Crippen molar-refractivity contribution in [1.82, 2.24) is 19.8 Å². The zero-order valence-electron chi connectivity index (χ0n) is 14.1. The Morgan fingerprint density at radius 1 is 1.30 bits per heavy atom. The van der Waals surface area contributed by atoms with E-state index in [9.17, 15) is 4.79 Å². The Balaban J connectivity index is 1.93. The van der Waals surface area contributed by atoms with Crippen LogP contribution in [-0.2, 0) is 11.2 Å². The number of fused-ring (bicyclic) bond motifs is 1. The SMILES string of the molecule is CCCc1nc2ccccc2n1[C@H](C)C(=O)N1CCCNCC1. The van der Waals surface area contributed by atoms with E-state index in [1.54, 1.807) is 0 Å². The lowest BCUT2D eigenvalue weighted by Gasteiger charge is -2.26. The van der Waals surface area contributed by atoms with Crippen molar-refractivity contribution in [3.05, 3.63) is 30.1 Å². The van der Waals surface area contributed by atoms with Crippen LogP contribution in [0, 0.1) is 0 Å². The fraction of sp³-hybridized carbons (Fsp3) is 0.556. The first-order valence-electron chi connectivity index (χ1n) is 8.67. The predicted molar refractivity (Wildman–Crippen MR) is 92.5 cm³/mol. The Labute approximate surface area is 137 Å². The van der Waals surface area contributed by atoms with Crippen LogP contribution in [0.4, 0.5) is 0 Å². The van der Waals surface area contributed by atoms with Gasteiger partial charge in [-0.2, -0.15) is 0 Å². The number of nitrogens with one attached hydrogen (secondary N) is 1. The van der Waals surface area contributed by atoms with E-state index < -0.39 is 0 Å². The van der Waals surface area contributed by atoms with Crippen molar-refractivity contribution in [1.29, 1.82) is 0 Å². The maximum atomic E-state index is 13.0. The zero-order valence-corrected chi connectivity index (χ0v) is 14.1. The summed E-state index contributed by atoms with van der Waals surface area (Å²) in [6, 6.07) is 7.90. The molecule has 0 aliphatic carbocycles. The molecule has 1 aromatic heterocycles. The summed E-state index contributed by atoms with van der Waals surface area (Å²) in [5, 5.41) is 3.35. The molecule has 2 aromatic rings. The monoisotopic (exact) mass is 314 g/mol. The Morgan fingerprint density at radius 3 is 2.96 bits per heavy atom. The number of imidazole rings is 1. The molecule has 124 valence electrons. The summed E-state index contributed by atoms with van der Waals surface area (Å²) in [6.07, 6.45) is 2.94. The third-order valence-corrected chi connectivity index (χ3v) is 4.54. The number of hydrogen-bond acceptors (Lipinski definition) is 3. The summed E-state index contributed by atoms with van der Waals surface area (Å²) in [6.45, 7) is 7.66.